The number of aromatic nitrogens is 3. The Hall–Kier alpha value is -4.97. The van der Waals surface area contributed by atoms with E-state index in [0.29, 0.717) is 29.3 Å². The highest BCUT2D eigenvalue weighted by atomic mass is 16.4. The van der Waals surface area contributed by atoms with Crippen LogP contribution in [0, 0.1) is 0 Å². The van der Waals surface area contributed by atoms with Crippen LogP contribution in [0.5, 0.6) is 0 Å². The van der Waals surface area contributed by atoms with E-state index in [-0.39, 0.29) is 5.92 Å². The molecule has 0 atom stereocenters. The fourth-order valence-electron chi connectivity index (χ4n) is 4.85. The number of para-hydroxylation sites is 2. The molecular weight excluding hydrogens is 460 g/mol. The van der Waals surface area contributed by atoms with Crippen molar-refractivity contribution >= 4 is 33.7 Å². The van der Waals surface area contributed by atoms with Crippen LogP contribution in [0.15, 0.2) is 115 Å². The first-order valence-corrected chi connectivity index (χ1v) is 12.1. The molecule has 0 unspecified atom stereocenters. The molecule has 0 aliphatic rings. The third-order valence-electron chi connectivity index (χ3n) is 6.64. The van der Waals surface area contributed by atoms with Gasteiger partial charge in [0.2, 0.25) is 0 Å². The monoisotopic (exact) mass is 484 g/mol. The molecule has 2 aromatic heterocycles. The highest BCUT2D eigenvalue weighted by Gasteiger charge is 2.19. The van der Waals surface area contributed by atoms with Crippen molar-refractivity contribution in [2.24, 2.45) is 0 Å². The highest BCUT2D eigenvalue weighted by molar-refractivity contribution is 6.00. The van der Waals surface area contributed by atoms with Crippen molar-refractivity contribution < 1.29 is 9.90 Å². The van der Waals surface area contributed by atoms with E-state index < -0.39 is 6.09 Å². The van der Waals surface area contributed by atoms with Crippen LogP contribution in [0.3, 0.4) is 0 Å². The van der Waals surface area contributed by atoms with Gasteiger partial charge in [-0.3, -0.25) is 4.57 Å². The third-order valence-corrected chi connectivity index (χ3v) is 6.64. The normalized spacial score (nSPS) is 11.3. The van der Waals surface area contributed by atoms with Crippen molar-refractivity contribution in [3.05, 3.63) is 127 Å². The number of anilines is 1. The largest absolute Gasteiger partial charge is 0.464 e. The Morgan fingerprint density at radius 1 is 0.757 bits per heavy atom. The summed E-state index contributed by atoms with van der Waals surface area (Å²) in [6.07, 6.45) is 0.549. The van der Waals surface area contributed by atoms with E-state index in [2.05, 4.69) is 53.8 Å². The maximum atomic E-state index is 11.9. The lowest BCUT2D eigenvalue weighted by Gasteiger charge is -2.20. The molecule has 180 valence electrons. The zero-order valence-electron chi connectivity index (χ0n) is 20.0. The van der Waals surface area contributed by atoms with E-state index in [9.17, 15) is 9.90 Å². The molecule has 37 heavy (non-hydrogen) atoms. The quantitative estimate of drug-likeness (QED) is 0.265. The number of carboxylic acid groups (broad SMARTS) is 1. The molecule has 4 aromatic carbocycles. The zero-order chi connectivity index (χ0) is 25.2. The van der Waals surface area contributed by atoms with Gasteiger partial charge < -0.3 is 10.4 Å². The Labute approximate surface area is 213 Å². The Kier molecular flexibility index (Phi) is 5.83. The summed E-state index contributed by atoms with van der Waals surface area (Å²) >= 11 is 0. The number of carbonyl (C=O) groups is 1. The summed E-state index contributed by atoms with van der Waals surface area (Å²) in [4.78, 5) is 21.6. The Bertz CT molecular complexity index is 1670. The Morgan fingerprint density at radius 2 is 1.35 bits per heavy atom. The second-order valence-electron chi connectivity index (χ2n) is 8.88. The lowest BCUT2D eigenvalue weighted by Crippen LogP contribution is -2.15. The van der Waals surface area contributed by atoms with Gasteiger partial charge in [-0.1, -0.05) is 91.0 Å². The first kappa shape index (κ1) is 22.5. The SMILES string of the molecule is O=C(O)n1cc(-c2nc(NCC(c3ccccc3)c3ccccc3)c3ccccc3n2)c2ccccc21. The van der Waals surface area contributed by atoms with Gasteiger partial charge in [-0.2, -0.15) is 0 Å². The number of nitrogens with zero attached hydrogens (tertiary/aromatic N) is 3. The van der Waals surface area contributed by atoms with Gasteiger partial charge in [0.15, 0.2) is 5.82 Å². The van der Waals surface area contributed by atoms with E-state index in [1.807, 2.05) is 54.6 Å². The van der Waals surface area contributed by atoms with Crippen LogP contribution in [0.2, 0.25) is 0 Å². The summed E-state index contributed by atoms with van der Waals surface area (Å²) < 4.78 is 1.22. The molecule has 0 bridgehead atoms. The molecule has 0 aliphatic heterocycles. The van der Waals surface area contributed by atoms with Gasteiger partial charge in [-0.05, 0) is 29.3 Å². The van der Waals surface area contributed by atoms with Crippen molar-refractivity contribution in [3.63, 3.8) is 0 Å². The average Bonchev–Trinajstić information content (AvgIpc) is 3.34. The molecule has 0 aliphatic carbocycles. The number of fused-ring (bicyclic) bond motifs is 2. The van der Waals surface area contributed by atoms with Crippen molar-refractivity contribution in [2.75, 3.05) is 11.9 Å². The van der Waals surface area contributed by atoms with Crippen LogP contribution in [0.25, 0.3) is 33.2 Å². The van der Waals surface area contributed by atoms with Crippen LogP contribution in [-0.4, -0.2) is 32.3 Å². The van der Waals surface area contributed by atoms with Gasteiger partial charge in [-0.25, -0.2) is 14.8 Å². The van der Waals surface area contributed by atoms with Gasteiger partial charge >= 0.3 is 6.09 Å². The van der Waals surface area contributed by atoms with Crippen molar-refractivity contribution in [2.45, 2.75) is 5.92 Å². The summed E-state index contributed by atoms with van der Waals surface area (Å²) in [7, 11) is 0. The van der Waals surface area contributed by atoms with E-state index in [1.165, 1.54) is 15.7 Å². The number of hydrogen-bond acceptors (Lipinski definition) is 4. The summed E-state index contributed by atoms with van der Waals surface area (Å²) in [5.41, 5.74) is 4.49. The molecule has 6 rings (SSSR count). The molecule has 0 spiro atoms. The second kappa shape index (κ2) is 9.59. The predicted octanol–water partition coefficient (Wildman–Crippen LogP) is 7.02. The van der Waals surface area contributed by atoms with Crippen molar-refractivity contribution in [1.82, 2.24) is 14.5 Å². The van der Waals surface area contributed by atoms with Crippen LogP contribution >= 0.6 is 0 Å². The first-order chi connectivity index (χ1) is 18.2. The second-order valence-corrected chi connectivity index (χ2v) is 8.88. The van der Waals surface area contributed by atoms with Crippen LogP contribution < -0.4 is 5.32 Å². The molecule has 0 radical (unpaired) electrons. The third kappa shape index (κ3) is 4.29. The van der Waals surface area contributed by atoms with E-state index in [4.69, 9.17) is 9.97 Å². The molecular formula is C31H24N4O2. The minimum atomic E-state index is -1.05. The molecule has 6 aromatic rings. The summed E-state index contributed by atoms with van der Waals surface area (Å²) in [5.74, 6) is 1.31. The number of benzene rings is 4. The number of hydrogen-bond donors (Lipinski definition) is 2. The minimum Gasteiger partial charge on any atom is -0.464 e. The summed E-state index contributed by atoms with van der Waals surface area (Å²) in [6, 6.07) is 36.1. The molecule has 0 saturated carbocycles. The fraction of sp³-hybridized carbons (Fsp3) is 0.0645. The van der Waals surface area contributed by atoms with Gasteiger partial charge in [0, 0.05) is 35.0 Å². The minimum absolute atomic E-state index is 0.119. The summed E-state index contributed by atoms with van der Waals surface area (Å²) in [5, 5.41) is 15.0. The van der Waals surface area contributed by atoms with Crippen LogP contribution in [0.1, 0.15) is 17.0 Å². The highest BCUT2D eigenvalue weighted by Crippen LogP contribution is 2.32. The van der Waals surface area contributed by atoms with Crippen LogP contribution in [-0.2, 0) is 0 Å². The molecule has 6 nitrogen and oxygen atoms in total. The van der Waals surface area contributed by atoms with Crippen LogP contribution in [0.4, 0.5) is 10.6 Å². The molecule has 2 N–H and O–H groups in total. The predicted molar refractivity (Wildman–Crippen MR) is 147 cm³/mol. The van der Waals surface area contributed by atoms with E-state index >= 15 is 0 Å². The van der Waals surface area contributed by atoms with Gasteiger partial charge in [0.25, 0.3) is 0 Å². The summed E-state index contributed by atoms with van der Waals surface area (Å²) in [6.45, 7) is 0.630. The lowest BCUT2D eigenvalue weighted by atomic mass is 9.91. The number of rotatable bonds is 6. The topological polar surface area (TPSA) is 80.0 Å². The standard InChI is InChI=1S/C31H24N4O2/c36-31(37)35-20-26(23-15-8-10-18-28(23)35)30-33-27-17-9-7-16-24(27)29(34-30)32-19-25(21-11-3-1-4-12-21)22-13-5-2-6-14-22/h1-18,20,25H,19H2,(H,36,37)(H,32,33,34). The van der Waals surface area contributed by atoms with E-state index in [0.717, 1.165) is 16.3 Å². The molecule has 2 heterocycles. The van der Waals surface area contributed by atoms with E-state index in [1.54, 1.807) is 12.3 Å². The fourth-order valence-corrected chi connectivity index (χ4v) is 4.85. The smallest absolute Gasteiger partial charge is 0.416 e. The van der Waals surface area contributed by atoms with Crippen molar-refractivity contribution in [3.8, 4) is 11.4 Å². The Morgan fingerprint density at radius 3 is 2.03 bits per heavy atom. The molecule has 0 amide bonds. The number of nitrogens with one attached hydrogen (secondary N) is 1. The van der Waals surface area contributed by atoms with Crippen molar-refractivity contribution in [1.29, 1.82) is 0 Å². The average molecular weight is 485 g/mol. The zero-order valence-corrected chi connectivity index (χ0v) is 20.0. The molecule has 6 heteroatoms. The maximum Gasteiger partial charge on any atom is 0.416 e. The van der Waals surface area contributed by atoms with Gasteiger partial charge in [0.05, 0.1) is 11.0 Å². The first-order valence-electron chi connectivity index (χ1n) is 12.1. The maximum absolute atomic E-state index is 11.9. The molecule has 0 fully saturated rings. The van der Waals surface area contributed by atoms with Gasteiger partial charge in [0.1, 0.15) is 5.82 Å². The van der Waals surface area contributed by atoms with Gasteiger partial charge in [-0.15, -0.1) is 0 Å². The molecule has 0 saturated heterocycles. The Balaban J connectivity index is 1.44. The lowest BCUT2D eigenvalue weighted by molar-refractivity contribution is 0.197.